The molecule has 2 rings (SSSR count). The van der Waals surface area contributed by atoms with Crippen molar-refractivity contribution in [2.24, 2.45) is 0 Å². The Morgan fingerprint density at radius 2 is 1.07 bits per heavy atom. The lowest BCUT2D eigenvalue weighted by atomic mass is 9.92. The molecule has 27 heavy (non-hydrogen) atoms. The van der Waals surface area contributed by atoms with Crippen molar-refractivity contribution in [2.45, 2.75) is 49.2 Å². The highest BCUT2D eigenvalue weighted by molar-refractivity contribution is 6.68. The van der Waals surface area contributed by atoms with Crippen LogP contribution in [0.1, 0.15) is 56.6 Å². The van der Waals surface area contributed by atoms with Crippen molar-refractivity contribution in [3.63, 3.8) is 0 Å². The maximum Gasteiger partial charge on any atom is 0.201 e. The number of rotatable bonds is 10. The van der Waals surface area contributed by atoms with Gasteiger partial charge >= 0.3 is 0 Å². The molecule has 0 saturated heterocycles. The number of hydrogen-bond acceptors (Lipinski definition) is 2. The smallest absolute Gasteiger partial charge is 0.201 e. The molecule has 2 aromatic rings. The van der Waals surface area contributed by atoms with E-state index in [4.69, 9.17) is 44.3 Å². The van der Waals surface area contributed by atoms with Gasteiger partial charge in [0.1, 0.15) is 11.5 Å². The molecule has 0 aliphatic heterocycles. The first-order chi connectivity index (χ1) is 13.0. The number of unbranched alkanes of at least 4 members (excludes halogenated alkanes) is 2. The Kier molecular flexibility index (Phi) is 9.08. The van der Waals surface area contributed by atoms with Gasteiger partial charge in [-0.25, -0.2) is 0 Å². The standard InChI is InChI=1S/C22H27Cl3O2/c1-3-5-15-26-19-11-7-17(8-12-19)21(22(23,24)25)18-9-13-20(14-10-18)27-16-6-4-2/h7-14,21H,3-6,15-16H2,1-2H3. The van der Waals surface area contributed by atoms with Gasteiger partial charge in [0.05, 0.1) is 19.1 Å². The number of benzene rings is 2. The molecule has 0 bridgehead atoms. The summed E-state index contributed by atoms with van der Waals surface area (Å²) in [5, 5.41) is 0. The SMILES string of the molecule is CCCCOc1ccc(C(c2ccc(OCCCC)cc2)C(Cl)(Cl)Cl)cc1. The molecule has 2 nitrogen and oxygen atoms in total. The highest BCUT2D eigenvalue weighted by atomic mass is 35.6. The van der Waals surface area contributed by atoms with Crippen LogP contribution < -0.4 is 9.47 Å². The molecule has 2 aromatic carbocycles. The van der Waals surface area contributed by atoms with Gasteiger partial charge in [-0.05, 0) is 48.2 Å². The van der Waals surface area contributed by atoms with Gasteiger partial charge in [-0.2, -0.15) is 0 Å². The van der Waals surface area contributed by atoms with E-state index in [2.05, 4.69) is 13.8 Å². The molecule has 0 unspecified atom stereocenters. The summed E-state index contributed by atoms with van der Waals surface area (Å²) in [6, 6.07) is 15.5. The van der Waals surface area contributed by atoms with Gasteiger partial charge in [-0.15, -0.1) is 0 Å². The summed E-state index contributed by atoms with van der Waals surface area (Å²) >= 11 is 19.0. The lowest BCUT2D eigenvalue weighted by Gasteiger charge is -2.26. The first kappa shape index (κ1) is 22.2. The topological polar surface area (TPSA) is 18.5 Å². The Bertz CT molecular complexity index is 610. The maximum atomic E-state index is 6.32. The van der Waals surface area contributed by atoms with Crippen molar-refractivity contribution in [3.8, 4) is 11.5 Å². The molecule has 148 valence electrons. The monoisotopic (exact) mass is 428 g/mol. The van der Waals surface area contributed by atoms with Crippen LogP contribution in [0.5, 0.6) is 11.5 Å². The molecule has 0 atom stereocenters. The van der Waals surface area contributed by atoms with E-state index in [1.54, 1.807) is 0 Å². The fourth-order valence-electron chi connectivity index (χ4n) is 2.75. The van der Waals surface area contributed by atoms with Crippen LogP contribution in [0.4, 0.5) is 0 Å². The second-order valence-corrected chi connectivity index (χ2v) is 8.89. The molecule has 5 heteroatoms. The van der Waals surface area contributed by atoms with E-state index in [1.807, 2.05) is 48.5 Å². The predicted octanol–water partition coefficient (Wildman–Crippen LogP) is 7.55. The van der Waals surface area contributed by atoms with Crippen LogP contribution >= 0.6 is 34.8 Å². The molecule has 0 N–H and O–H groups in total. The second kappa shape index (κ2) is 11.0. The van der Waals surface area contributed by atoms with Crippen molar-refractivity contribution in [1.82, 2.24) is 0 Å². The molecular formula is C22H27Cl3O2. The van der Waals surface area contributed by atoms with E-state index in [0.29, 0.717) is 13.2 Å². The first-order valence-corrected chi connectivity index (χ1v) is 10.6. The van der Waals surface area contributed by atoms with Gasteiger partial charge in [0.15, 0.2) is 0 Å². The van der Waals surface area contributed by atoms with Crippen LogP contribution in [0.15, 0.2) is 48.5 Å². The van der Waals surface area contributed by atoms with Crippen molar-refractivity contribution < 1.29 is 9.47 Å². The summed E-state index contributed by atoms with van der Waals surface area (Å²) in [7, 11) is 0. The molecule has 0 aromatic heterocycles. The summed E-state index contributed by atoms with van der Waals surface area (Å²) in [4.78, 5) is 0. The van der Waals surface area contributed by atoms with Gasteiger partial charge in [0, 0.05) is 0 Å². The Morgan fingerprint density at radius 1 is 0.704 bits per heavy atom. The van der Waals surface area contributed by atoms with Gasteiger partial charge in [-0.1, -0.05) is 85.8 Å². The summed E-state index contributed by atoms with van der Waals surface area (Å²) in [5.41, 5.74) is 1.86. The molecule has 0 aliphatic carbocycles. The van der Waals surface area contributed by atoms with E-state index in [0.717, 1.165) is 48.3 Å². The minimum Gasteiger partial charge on any atom is -0.494 e. The predicted molar refractivity (Wildman–Crippen MR) is 116 cm³/mol. The normalized spacial score (nSPS) is 11.6. The second-order valence-electron chi connectivity index (χ2n) is 6.52. The Balaban J connectivity index is 2.15. The molecular weight excluding hydrogens is 403 g/mol. The van der Waals surface area contributed by atoms with Crippen molar-refractivity contribution in [1.29, 1.82) is 0 Å². The fourth-order valence-corrected chi connectivity index (χ4v) is 3.51. The zero-order valence-electron chi connectivity index (χ0n) is 15.9. The van der Waals surface area contributed by atoms with Crippen LogP contribution in [0.3, 0.4) is 0 Å². The quantitative estimate of drug-likeness (QED) is 0.287. The lowest BCUT2D eigenvalue weighted by Crippen LogP contribution is -2.18. The van der Waals surface area contributed by atoms with Gasteiger partial charge < -0.3 is 9.47 Å². The number of halogens is 3. The zero-order chi connectivity index (χ0) is 19.7. The summed E-state index contributed by atoms with van der Waals surface area (Å²) in [5.74, 6) is 1.28. The largest absolute Gasteiger partial charge is 0.494 e. The van der Waals surface area contributed by atoms with Crippen molar-refractivity contribution >= 4 is 34.8 Å². The molecule has 0 heterocycles. The van der Waals surface area contributed by atoms with Crippen LogP contribution in [0, 0.1) is 0 Å². The highest BCUT2D eigenvalue weighted by Crippen LogP contribution is 2.46. The van der Waals surface area contributed by atoms with Crippen LogP contribution in [-0.4, -0.2) is 17.0 Å². The van der Waals surface area contributed by atoms with Gasteiger partial charge in [0.2, 0.25) is 3.79 Å². The first-order valence-electron chi connectivity index (χ1n) is 9.48. The molecule has 0 amide bonds. The third kappa shape index (κ3) is 7.10. The van der Waals surface area contributed by atoms with Gasteiger partial charge in [-0.3, -0.25) is 0 Å². The molecule has 0 aliphatic rings. The third-order valence-electron chi connectivity index (χ3n) is 4.29. The molecule has 0 spiro atoms. The van der Waals surface area contributed by atoms with E-state index in [9.17, 15) is 0 Å². The Hall–Kier alpha value is -1.09. The Labute approximate surface area is 177 Å². The summed E-state index contributed by atoms with van der Waals surface area (Å²) < 4.78 is 9.98. The molecule has 0 fully saturated rings. The van der Waals surface area contributed by atoms with E-state index < -0.39 is 3.79 Å². The zero-order valence-corrected chi connectivity index (χ0v) is 18.2. The summed E-state index contributed by atoms with van der Waals surface area (Å²) in [6.07, 6.45) is 4.27. The average Bonchev–Trinajstić information content (AvgIpc) is 2.64. The van der Waals surface area contributed by atoms with Crippen molar-refractivity contribution in [3.05, 3.63) is 59.7 Å². The number of ether oxygens (including phenoxy) is 2. The number of hydrogen-bond donors (Lipinski definition) is 0. The minimum absolute atomic E-state index is 0.378. The van der Waals surface area contributed by atoms with E-state index in [-0.39, 0.29) is 5.92 Å². The Morgan fingerprint density at radius 3 is 1.37 bits per heavy atom. The summed E-state index contributed by atoms with van der Waals surface area (Å²) in [6.45, 7) is 5.70. The van der Waals surface area contributed by atoms with Crippen LogP contribution in [-0.2, 0) is 0 Å². The lowest BCUT2D eigenvalue weighted by molar-refractivity contribution is 0.309. The van der Waals surface area contributed by atoms with Crippen LogP contribution in [0.2, 0.25) is 0 Å². The average molecular weight is 430 g/mol. The molecule has 0 saturated carbocycles. The van der Waals surface area contributed by atoms with E-state index >= 15 is 0 Å². The third-order valence-corrected chi connectivity index (χ3v) is 4.94. The van der Waals surface area contributed by atoms with Crippen molar-refractivity contribution in [2.75, 3.05) is 13.2 Å². The fraction of sp³-hybridized carbons (Fsp3) is 0.455. The van der Waals surface area contributed by atoms with Crippen LogP contribution in [0.25, 0.3) is 0 Å². The maximum absolute atomic E-state index is 6.32. The highest BCUT2D eigenvalue weighted by Gasteiger charge is 2.35. The van der Waals surface area contributed by atoms with Gasteiger partial charge in [0.25, 0.3) is 0 Å². The molecule has 0 radical (unpaired) electrons. The van der Waals surface area contributed by atoms with E-state index in [1.165, 1.54) is 0 Å². The number of alkyl halides is 3. The minimum atomic E-state index is -1.46.